The topological polar surface area (TPSA) is 35.5 Å². The van der Waals surface area contributed by atoms with Crippen LogP contribution in [0.15, 0.2) is 12.2 Å². The van der Waals surface area contributed by atoms with Crippen LogP contribution in [-0.4, -0.2) is 26.5 Å². The molecule has 0 fully saturated rings. The molecule has 4 heteroatoms. The Kier molecular flexibility index (Phi) is 3.50. The van der Waals surface area contributed by atoms with Gasteiger partial charge in [-0.3, -0.25) is 4.79 Å². The van der Waals surface area contributed by atoms with Gasteiger partial charge in [-0.1, -0.05) is 6.08 Å². The molecule has 2 atom stereocenters. The van der Waals surface area contributed by atoms with E-state index in [0.29, 0.717) is 0 Å². The van der Waals surface area contributed by atoms with Crippen molar-refractivity contribution in [3.05, 3.63) is 12.2 Å². The van der Waals surface area contributed by atoms with E-state index in [-0.39, 0.29) is 18.2 Å². The predicted octanol–water partition coefficient (Wildman–Crippen LogP) is 2.10. The Bertz CT molecular complexity index is 242. The number of hydrogen-bond acceptors (Lipinski definition) is 3. The molecule has 0 spiro atoms. The summed E-state index contributed by atoms with van der Waals surface area (Å²) in [5.74, 6) is -0.228. The van der Waals surface area contributed by atoms with Gasteiger partial charge in [0.05, 0.1) is 6.10 Å². The summed E-state index contributed by atoms with van der Waals surface area (Å²) in [6, 6.07) is 0. The zero-order chi connectivity index (χ0) is 10.8. The second-order valence-electron chi connectivity index (χ2n) is 4.54. The van der Waals surface area contributed by atoms with Gasteiger partial charge in [-0.2, -0.15) is 0 Å². The van der Waals surface area contributed by atoms with Crippen LogP contribution >= 0.6 is 0 Å². The van der Waals surface area contributed by atoms with Crippen molar-refractivity contribution in [3.63, 3.8) is 0 Å². The van der Waals surface area contributed by atoms with Gasteiger partial charge in [-0.05, 0) is 25.7 Å². The molecule has 0 aromatic carbocycles. The lowest BCUT2D eigenvalue weighted by Crippen LogP contribution is -2.31. The molecule has 1 aliphatic rings. The fourth-order valence-electron chi connectivity index (χ4n) is 1.48. The molecule has 80 valence electrons. The van der Waals surface area contributed by atoms with Crippen LogP contribution in [0.3, 0.4) is 0 Å². The van der Waals surface area contributed by atoms with Crippen molar-refractivity contribution in [1.82, 2.24) is 0 Å². The normalized spacial score (nSPS) is 26.6. The molecule has 3 nitrogen and oxygen atoms in total. The van der Waals surface area contributed by atoms with Crippen LogP contribution in [0.5, 0.6) is 0 Å². The molecular formula is C10H18O3Si. The zero-order valence-electron chi connectivity index (χ0n) is 9.24. The highest BCUT2D eigenvalue weighted by Gasteiger charge is 2.26. The summed E-state index contributed by atoms with van der Waals surface area (Å²) in [5.41, 5.74) is 0. The van der Waals surface area contributed by atoms with Crippen molar-refractivity contribution in [2.75, 3.05) is 0 Å². The number of ether oxygens (including phenoxy) is 1. The Morgan fingerprint density at radius 1 is 1.29 bits per heavy atom. The Balaban J connectivity index is 2.36. The standard InChI is InChI=1S/C10H18O3Si/c1-8(11)12-9-5-6-10(7-9)13-14(2,3)4/h5-6,9-10H,7H2,1-4H3. The van der Waals surface area contributed by atoms with E-state index in [1.807, 2.05) is 12.2 Å². The van der Waals surface area contributed by atoms with Crippen molar-refractivity contribution in [1.29, 1.82) is 0 Å². The average Bonchev–Trinajstić information content (AvgIpc) is 2.30. The largest absolute Gasteiger partial charge is 0.458 e. The second-order valence-corrected chi connectivity index (χ2v) is 9.00. The van der Waals surface area contributed by atoms with Gasteiger partial charge in [-0.15, -0.1) is 0 Å². The van der Waals surface area contributed by atoms with E-state index in [1.165, 1.54) is 6.92 Å². The average molecular weight is 214 g/mol. The quantitative estimate of drug-likeness (QED) is 0.410. The lowest BCUT2D eigenvalue weighted by Gasteiger charge is -2.22. The molecule has 2 unspecified atom stereocenters. The van der Waals surface area contributed by atoms with Gasteiger partial charge in [-0.25, -0.2) is 0 Å². The highest BCUT2D eigenvalue weighted by atomic mass is 28.4. The van der Waals surface area contributed by atoms with Crippen molar-refractivity contribution in [2.45, 2.75) is 45.2 Å². The van der Waals surface area contributed by atoms with Crippen LogP contribution < -0.4 is 0 Å². The van der Waals surface area contributed by atoms with E-state index in [9.17, 15) is 4.79 Å². The van der Waals surface area contributed by atoms with Gasteiger partial charge < -0.3 is 9.16 Å². The highest BCUT2D eigenvalue weighted by molar-refractivity contribution is 6.69. The first kappa shape index (κ1) is 11.5. The lowest BCUT2D eigenvalue weighted by atomic mass is 10.3. The maximum atomic E-state index is 10.7. The van der Waals surface area contributed by atoms with Crippen molar-refractivity contribution >= 4 is 14.3 Å². The Morgan fingerprint density at radius 3 is 2.36 bits per heavy atom. The molecule has 0 saturated carbocycles. The molecule has 14 heavy (non-hydrogen) atoms. The predicted molar refractivity (Wildman–Crippen MR) is 57.5 cm³/mol. The van der Waals surface area contributed by atoms with Gasteiger partial charge in [0.2, 0.25) is 0 Å². The van der Waals surface area contributed by atoms with E-state index in [4.69, 9.17) is 9.16 Å². The van der Waals surface area contributed by atoms with E-state index in [0.717, 1.165) is 6.42 Å². The molecule has 0 aromatic heterocycles. The van der Waals surface area contributed by atoms with Crippen LogP contribution in [0.4, 0.5) is 0 Å². The van der Waals surface area contributed by atoms with Crippen LogP contribution in [0, 0.1) is 0 Å². The third-order valence-electron chi connectivity index (χ3n) is 1.83. The summed E-state index contributed by atoms with van der Waals surface area (Å²) in [4.78, 5) is 10.7. The third-order valence-corrected chi connectivity index (χ3v) is 2.84. The number of hydrogen-bond donors (Lipinski definition) is 0. The minimum Gasteiger partial charge on any atom is -0.458 e. The summed E-state index contributed by atoms with van der Waals surface area (Å²) in [6.45, 7) is 7.89. The zero-order valence-corrected chi connectivity index (χ0v) is 10.2. The molecule has 0 heterocycles. The van der Waals surface area contributed by atoms with E-state index in [2.05, 4.69) is 19.6 Å². The maximum Gasteiger partial charge on any atom is 0.303 e. The van der Waals surface area contributed by atoms with Crippen molar-refractivity contribution in [2.24, 2.45) is 0 Å². The SMILES string of the molecule is CC(=O)OC1C=CC(O[Si](C)(C)C)C1. The summed E-state index contributed by atoms with van der Waals surface area (Å²) in [6.07, 6.45) is 4.71. The van der Waals surface area contributed by atoms with Crippen LogP contribution in [0.25, 0.3) is 0 Å². The van der Waals surface area contributed by atoms with Gasteiger partial charge in [0.25, 0.3) is 0 Å². The second kappa shape index (κ2) is 4.27. The Labute approximate surface area is 86.2 Å². The smallest absolute Gasteiger partial charge is 0.303 e. The third kappa shape index (κ3) is 4.06. The Hall–Kier alpha value is -0.613. The minimum atomic E-state index is -1.48. The molecule has 0 N–H and O–H groups in total. The maximum absolute atomic E-state index is 10.7. The van der Waals surface area contributed by atoms with E-state index >= 15 is 0 Å². The van der Waals surface area contributed by atoms with Crippen LogP contribution in [-0.2, 0) is 14.0 Å². The first-order chi connectivity index (χ1) is 6.37. The fraction of sp³-hybridized carbons (Fsp3) is 0.700. The number of esters is 1. The highest BCUT2D eigenvalue weighted by Crippen LogP contribution is 2.20. The number of rotatable bonds is 3. The molecule has 0 radical (unpaired) electrons. The first-order valence-electron chi connectivity index (χ1n) is 4.90. The van der Waals surface area contributed by atoms with E-state index < -0.39 is 8.32 Å². The molecule has 1 rings (SSSR count). The summed E-state index contributed by atoms with van der Waals surface area (Å²) >= 11 is 0. The van der Waals surface area contributed by atoms with Crippen molar-refractivity contribution < 1.29 is 14.0 Å². The lowest BCUT2D eigenvalue weighted by molar-refractivity contribution is -0.144. The number of carbonyl (C=O) groups excluding carboxylic acids is 1. The molecule has 0 aliphatic heterocycles. The summed E-state index contributed by atoms with van der Waals surface area (Å²) < 4.78 is 10.9. The number of carbonyl (C=O) groups is 1. The summed E-state index contributed by atoms with van der Waals surface area (Å²) in [7, 11) is -1.48. The van der Waals surface area contributed by atoms with Gasteiger partial charge >= 0.3 is 5.97 Å². The van der Waals surface area contributed by atoms with Gasteiger partial charge in [0.15, 0.2) is 8.32 Å². The molecular weight excluding hydrogens is 196 g/mol. The van der Waals surface area contributed by atoms with E-state index in [1.54, 1.807) is 0 Å². The van der Waals surface area contributed by atoms with Crippen LogP contribution in [0.1, 0.15) is 13.3 Å². The monoisotopic (exact) mass is 214 g/mol. The van der Waals surface area contributed by atoms with Gasteiger partial charge in [0.1, 0.15) is 6.10 Å². The molecule has 0 saturated heterocycles. The minimum absolute atomic E-state index is 0.0890. The fourth-order valence-corrected chi connectivity index (χ4v) is 2.56. The van der Waals surface area contributed by atoms with Crippen LogP contribution in [0.2, 0.25) is 19.6 Å². The molecule has 0 aromatic rings. The molecule has 1 aliphatic carbocycles. The first-order valence-corrected chi connectivity index (χ1v) is 8.31. The molecule has 0 bridgehead atoms. The Morgan fingerprint density at radius 2 is 1.86 bits per heavy atom. The van der Waals surface area contributed by atoms with Crippen molar-refractivity contribution in [3.8, 4) is 0 Å². The molecule has 0 amide bonds. The summed E-state index contributed by atoms with van der Waals surface area (Å²) in [5, 5.41) is 0. The van der Waals surface area contributed by atoms with Gasteiger partial charge in [0, 0.05) is 13.3 Å².